The summed E-state index contributed by atoms with van der Waals surface area (Å²) in [7, 11) is 3.90. The molecular formula is C16H22N4O2. The SMILES string of the molecule is CN(C)C/C=C/C(=O)c1c[nH]c2ncnc(OC(C)(C)C)c12. The van der Waals surface area contributed by atoms with Gasteiger partial charge < -0.3 is 14.6 Å². The van der Waals surface area contributed by atoms with E-state index in [1.807, 2.05) is 45.8 Å². The number of hydrogen-bond donors (Lipinski definition) is 1. The highest BCUT2D eigenvalue weighted by atomic mass is 16.5. The average Bonchev–Trinajstić information content (AvgIpc) is 2.81. The van der Waals surface area contributed by atoms with Crippen molar-refractivity contribution in [3.8, 4) is 5.88 Å². The lowest BCUT2D eigenvalue weighted by Crippen LogP contribution is -2.23. The molecule has 0 bridgehead atoms. The number of carbonyl (C=O) groups is 1. The van der Waals surface area contributed by atoms with Crippen LogP contribution in [0.2, 0.25) is 0 Å². The number of allylic oxidation sites excluding steroid dienone is 1. The van der Waals surface area contributed by atoms with Crippen molar-refractivity contribution in [2.45, 2.75) is 26.4 Å². The molecule has 0 saturated heterocycles. The van der Waals surface area contributed by atoms with Crippen LogP contribution in [0, 0.1) is 0 Å². The second-order valence-corrected chi connectivity index (χ2v) is 6.35. The first-order valence-electron chi connectivity index (χ1n) is 7.14. The molecule has 2 heterocycles. The minimum absolute atomic E-state index is 0.0957. The van der Waals surface area contributed by atoms with E-state index < -0.39 is 5.60 Å². The normalized spacial score (nSPS) is 12.5. The molecule has 0 saturated carbocycles. The van der Waals surface area contributed by atoms with Gasteiger partial charge in [-0.1, -0.05) is 6.08 Å². The third kappa shape index (κ3) is 3.92. The molecule has 1 N–H and O–H groups in total. The standard InChI is InChI=1S/C16H22N4O2/c1-16(2,3)22-15-13-11(9-17-14(13)18-10-19-15)12(21)7-6-8-20(4)5/h6-7,9-10H,8H2,1-5H3,(H,17,18,19)/b7-6+. The third-order valence-electron chi connectivity index (χ3n) is 2.84. The Hall–Kier alpha value is -2.21. The van der Waals surface area contributed by atoms with E-state index in [4.69, 9.17) is 4.74 Å². The number of carbonyl (C=O) groups excluding carboxylic acids is 1. The van der Waals surface area contributed by atoms with Crippen LogP contribution in [0.3, 0.4) is 0 Å². The van der Waals surface area contributed by atoms with Crippen LogP contribution in [-0.2, 0) is 0 Å². The number of H-pyrrole nitrogens is 1. The highest BCUT2D eigenvalue weighted by Crippen LogP contribution is 2.28. The van der Waals surface area contributed by atoms with Crippen LogP contribution >= 0.6 is 0 Å². The van der Waals surface area contributed by atoms with Gasteiger partial charge >= 0.3 is 0 Å². The average molecular weight is 302 g/mol. The Kier molecular flexibility index (Phi) is 4.61. The number of aromatic amines is 1. The van der Waals surface area contributed by atoms with Crippen molar-refractivity contribution < 1.29 is 9.53 Å². The number of likely N-dealkylation sites (N-methyl/N-ethyl adjacent to an activating group) is 1. The molecule has 2 aromatic rings. The fourth-order valence-corrected chi connectivity index (χ4v) is 1.96. The first-order chi connectivity index (χ1) is 10.3. The fourth-order valence-electron chi connectivity index (χ4n) is 1.96. The van der Waals surface area contributed by atoms with Crippen molar-refractivity contribution in [1.29, 1.82) is 0 Å². The molecule has 0 aliphatic heterocycles. The Labute approximate surface area is 130 Å². The van der Waals surface area contributed by atoms with Crippen molar-refractivity contribution in [3.63, 3.8) is 0 Å². The Morgan fingerprint density at radius 2 is 2.09 bits per heavy atom. The molecule has 6 nitrogen and oxygen atoms in total. The van der Waals surface area contributed by atoms with Gasteiger partial charge in [-0.25, -0.2) is 9.97 Å². The Morgan fingerprint density at radius 3 is 2.73 bits per heavy atom. The van der Waals surface area contributed by atoms with Crippen LogP contribution in [0.4, 0.5) is 0 Å². The van der Waals surface area contributed by atoms with Gasteiger partial charge in [-0.15, -0.1) is 0 Å². The van der Waals surface area contributed by atoms with Crippen LogP contribution < -0.4 is 4.74 Å². The van der Waals surface area contributed by atoms with E-state index >= 15 is 0 Å². The number of ether oxygens (including phenoxy) is 1. The van der Waals surface area contributed by atoms with Gasteiger partial charge in [0.2, 0.25) is 5.88 Å². The number of fused-ring (bicyclic) bond motifs is 1. The lowest BCUT2D eigenvalue weighted by molar-refractivity contribution is 0.104. The maximum Gasteiger partial charge on any atom is 0.227 e. The molecule has 0 spiro atoms. The minimum atomic E-state index is -0.403. The van der Waals surface area contributed by atoms with Crippen LogP contribution in [0.15, 0.2) is 24.7 Å². The highest BCUT2D eigenvalue weighted by molar-refractivity contribution is 6.13. The number of ketones is 1. The molecule has 0 amide bonds. The van der Waals surface area contributed by atoms with E-state index in [9.17, 15) is 4.79 Å². The molecule has 0 atom stereocenters. The van der Waals surface area contributed by atoms with E-state index in [0.717, 1.165) is 0 Å². The number of rotatable bonds is 5. The summed E-state index contributed by atoms with van der Waals surface area (Å²) >= 11 is 0. The van der Waals surface area contributed by atoms with Gasteiger partial charge in [-0.05, 0) is 40.9 Å². The summed E-state index contributed by atoms with van der Waals surface area (Å²) in [4.78, 5) is 25.7. The fraction of sp³-hybridized carbons (Fsp3) is 0.438. The molecular weight excluding hydrogens is 280 g/mol. The molecule has 22 heavy (non-hydrogen) atoms. The lowest BCUT2D eigenvalue weighted by atomic mass is 10.1. The molecule has 0 radical (unpaired) electrons. The summed E-state index contributed by atoms with van der Waals surface area (Å²) in [5, 5.41) is 0.622. The van der Waals surface area contributed by atoms with Gasteiger partial charge in [0.1, 0.15) is 17.6 Å². The molecule has 2 rings (SSSR count). The highest BCUT2D eigenvalue weighted by Gasteiger charge is 2.20. The van der Waals surface area contributed by atoms with Gasteiger partial charge in [0.05, 0.1) is 10.9 Å². The smallest absolute Gasteiger partial charge is 0.227 e. The molecule has 0 fully saturated rings. The zero-order valence-corrected chi connectivity index (χ0v) is 13.7. The summed E-state index contributed by atoms with van der Waals surface area (Å²) in [5.41, 5.74) is 0.711. The maximum atomic E-state index is 12.4. The molecule has 6 heteroatoms. The predicted octanol–water partition coefficient (Wildman–Crippen LogP) is 2.44. The van der Waals surface area contributed by atoms with Crippen molar-refractivity contribution in [2.75, 3.05) is 20.6 Å². The molecule has 0 aliphatic carbocycles. The zero-order chi connectivity index (χ0) is 16.3. The van der Waals surface area contributed by atoms with E-state index in [-0.39, 0.29) is 5.78 Å². The van der Waals surface area contributed by atoms with Gasteiger partial charge in [-0.2, -0.15) is 0 Å². The molecule has 0 aliphatic rings. The van der Waals surface area contributed by atoms with Crippen LogP contribution in [0.1, 0.15) is 31.1 Å². The number of nitrogens with zero attached hydrogens (tertiary/aromatic N) is 3. The second kappa shape index (κ2) is 6.27. The zero-order valence-electron chi connectivity index (χ0n) is 13.7. The van der Waals surface area contributed by atoms with E-state index in [2.05, 4.69) is 15.0 Å². The number of aromatic nitrogens is 3. The number of hydrogen-bond acceptors (Lipinski definition) is 5. The molecule has 118 valence electrons. The Bertz CT molecular complexity index is 696. The first-order valence-corrected chi connectivity index (χ1v) is 7.14. The number of nitrogens with one attached hydrogen (secondary N) is 1. The Balaban J connectivity index is 2.38. The van der Waals surface area contributed by atoms with Crippen molar-refractivity contribution in [1.82, 2.24) is 19.9 Å². The predicted molar refractivity (Wildman–Crippen MR) is 86.3 cm³/mol. The maximum absolute atomic E-state index is 12.4. The summed E-state index contributed by atoms with van der Waals surface area (Å²) in [6.07, 6.45) is 6.47. The minimum Gasteiger partial charge on any atom is -0.471 e. The van der Waals surface area contributed by atoms with Crippen LogP contribution in [-0.4, -0.2) is 51.9 Å². The molecule has 0 unspecified atom stereocenters. The quantitative estimate of drug-likeness (QED) is 0.678. The summed E-state index contributed by atoms with van der Waals surface area (Å²) in [5.74, 6) is 0.324. The second-order valence-electron chi connectivity index (χ2n) is 6.35. The van der Waals surface area contributed by atoms with Crippen LogP contribution in [0.5, 0.6) is 5.88 Å². The van der Waals surface area contributed by atoms with Gasteiger partial charge in [0.15, 0.2) is 5.78 Å². The topological polar surface area (TPSA) is 71.1 Å². The largest absolute Gasteiger partial charge is 0.471 e. The monoisotopic (exact) mass is 302 g/mol. The lowest BCUT2D eigenvalue weighted by Gasteiger charge is -2.20. The van der Waals surface area contributed by atoms with E-state index in [0.29, 0.717) is 29.0 Å². The van der Waals surface area contributed by atoms with E-state index in [1.165, 1.54) is 6.33 Å². The van der Waals surface area contributed by atoms with Crippen molar-refractivity contribution >= 4 is 16.8 Å². The van der Waals surface area contributed by atoms with Gasteiger partial charge in [-0.3, -0.25) is 4.79 Å². The molecule has 2 aromatic heterocycles. The summed E-state index contributed by atoms with van der Waals surface area (Å²) in [6, 6.07) is 0. The first kappa shape index (κ1) is 16.2. The van der Waals surface area contributed by atoms with Gasteiger partial charge in [0, 0.05) is 12.7 Å². The van der Waals surface area contributed by atoms with Crippen LogP contribution in [0.25, 0.3) is 11.0 Å². The summed E-state index contributed by atoms with van der Waals surface area (Å²) in [6.45, 7) is 6.51. The van der Waals surface area contributed by atoms with E-state index in [1.54, 1.807) is 12.3 Å². The third-order valence-corrected chi connectivity index (χ3v) is 2.84. The van der Waals surface area contributed by atoms with Gasteiger partial charge in [0.25, 0.3) is 0 Å². The van der Waals surface area contributed by atoms with Crippen molar-refractivity contribution in [2.24, 2.45) is 0 Å². The molecule has 0 aromatic carbocycles. The Morgan fingerprint density at radius 1 is 1.36 bits per heavy atom. The van der Waals surface area contributed by atoms with Crippen molar-refractivity contribution in [3.05, 3.63) is 30.2 Å². The summed E-state index contributed by atoms with van der Waals surface area (Å²) < 4.78 is 5.85.